The quantitative estimate of drug-likeness (QED) is 0.928. The lowest BCUT2D eigenvalue weighted by atomic mass is 9.87. The van der Waals surface area contributed by atoms with Crippen LogP contribution in [0.3, 0.4) is 0 Å². The maximum Gasteiger partial charge on any atom is 0.410 e. The molecule has 1 aromatic carbocycles. The number of hydrogen-bond acceptors (Lipinski definition) is 3. The fourth-order valence-corrected chi connectivity index (χ4v) is 3.12. The van der Waals surface area contributed by atoms with Gasteiger partial charge >= 0.3 is 12.1 Å². The van der Waals surface area contributed by atoms with Crippen molar-refractivity contribution < 1.29 is 23.8 Å². The van der Waals surface area contributed by atoms with E-state index in [1.54, 1.807) is 0 Å². The molecule has 2 fully saturated rings. The molecule has 5 nitrogen and oxygen atoms in total. The molecule has 0 bridgehead atoms. The van der Waals surface area contributed by atoms with Crippen LogP contribution in [0.1, 0.15) is 18.4 Å². The summed E-state index contributed by atoms with van der Waals surface area (Å²) >= 11 is 0. The van der Waals surface area contributed by atoms with E-state index in [-0.39, 0.29) is 19.7 Å². The lowest BCUT2D eigenvalue weighted by Gasteiger charge is -2.20. The van der Waals surface area contributed by atoms with Gasteiger partial charge in [-0.3, -0.25) is 4.79 Å². The number of benzene rings is 1. The summed E-state index contributed by atoms with van der Waals surface area (Å²) in [6.07, 6.45) is -0.918. The molecule has 1 aliphatic carbocycles. The van der Waals surface area contributed by atoms with Crippen LogP contribution >= 0.6 is 0 Å². The SMILES string of the molecule is O=C(OCc1ccccc1)N1CC(C2(C(=O)O)CC2)[C@H](F)C1. The first-order valence-corrected chi connectivity index (χ1v) is 7.36. The summed E-state index contributed by atoms with van der Waals surface area (Å²) in [5, 5.41) is 9.26. The van der Waals surface area contributed by atoms with Crippen LogP contribution in [0.4, 0.5) is 9.18 Å². The van der Waals surface area contributed by atoms with Gasteiger partial charge in [-0.05, 0) is 18.4 Å². The molecule has 22 heavy (non-hydrogen) atoms. The zero-order chi connectivity index (χ0) is 15.7. The van der Waals surface area contributed by atoms with Crippen molar-refractivity contribution in [3.05, 3.63) is 35.9 Å². The van der Waals surface area contributed by atoms with E-state index in [1.165, 1.54) is 4.90 Å². The molecule has 3 rings (SSSR count). The lowest BCUT2D eigenvalue weighted by Crippen LogP contribution is -2.33. The average Bonchev–Trinajstić information content (AvgIpc) is 3.23. The monoisotopic (exact) mass is 307 g/mol. The summed E-state index contributed by atoms with van der Waals surface area (Å²) < 4.78 is 19.3. The van der Waals surface area contributed by atoms with E-state index in [0.717, 1.165) is 5.56 Å². The van der Waals surface area contributed by atoms with Crippen molar-refractivity contribution in [1.82, 2.24) is 4.90 Å². The van der Waals surface area contributed by atoms with Crippen molar-refractivity contribution in [3.63, 3.8) is 0 Å². The van der Waals surface area contributed by atoms with Gasteiger partial charge in [-0.2, -0.15) is 0 Å². The van der Waals surface area contributed by atoms with Gasteiger partial charge in [-0.25, -0.2) is 9.18 Å². The second kappa shape index (κ2) is 5.59. The number of ether oxygens (including phenoxy) is 1. The van der Waals surface area contributed by atoms with Crippen molar-refractivity contribution in [1.29, 1.82) is 0 Å². The Bertz CT molecular complexity index is 573. The van der Waals surface area contributed by atoms with E-state index in [4.69, 9.17) is 4.74 Å². The Hall–Kier alpha value is -2.11. The normalized spacial score (nSPS) is 25.8. The lowest BCUT2D eigenvalue weighted by molar-refractivity contribution is -0.146. The summed E-state index contributed by atoms with van der Waals surface area (Å²) in [5.74, 6) is -1.59. The van der Waals surface area contributed by atoms with Crippen LogP contribution in [0.5, 0.6) is 0 Å². The maximum absolute atomic E-state index is 14.1. The van der Waals surface area contributed by atoms with Crippen molar-refractivity contribution in [2.24, 2.45) is 11.3 Å². The van der Waals surface area contributed by atoms with E-state index in [2.05, 4.69) is 0 Å². The van der Waals surface area contributed by atoms with Crippen LogP contribution < -0.4 is 0 Å². The van der Waals surface area contributed by atoms with Gasteiger partial charge in [-0.15, -0.1) is 0 Å². The minimum atomic E-state index is -1.30. The van der Waals surface area contributed by atoms with Gasteiger partial charge in [0.05, 0.1) is 12.0 Å². The van der Waals surface area contributed by atoms with Crippen molar-refractivity contribution in [3.8, 4) is 0 Å². The summed E-state index contributed by atoms with van der Waals surface area (Å²) in [6.45, 7) is 0.149. The smallest absolute Gasteiger partial charge is 0.410 e. The molecular weight excluding hydrogens is 289 g/mol. The predicted molar refractivity (Wildman–Crippen MR) is 75.9 cm³/mol. The van der Waals surface area contributed by atoms with Crippen LogP contribution in [0.2, 0.25) is 0 Å². The highest BCUT2D eigenvalue weighted by Crippen LogP contribution is 2.55. The first kappa shape index (κ1) is 14.8. The third-order valence-electron chi connectivity index (χ3n) is 4.64. The molecule has 0 spiro atoms. The van der Waals surface area contributed by atoms with Gasteiger partial charge in [0.15, 0.2) is 0 Å². The van der Waals surface area contributed by atoms with Gasteiger partial charge in [0.25, 0.3) is 0 Å². The van der Waals surface area contributed by atoms with Crippen LogP contribution in [0, 0.1) is 11.3 Å². The molecule has 2 aliphatic rings. The molecule has 1 unspecified atom stereocenters. The number of likely N-dealkylation sites (tertiary alicyclic amines) is 1. The second-order valence-corrected chi connectivity index (χ2v) is 6.03. The molecule has 2 atom stereocenters. The molecule has 1 aliphatic heterocycles. The third-order valence-corrected chi connectivity index (χ3v) is 4.64. The summed E-state index contributed by atoms with van der Waals surface area (Å²) in [6, 6.07) is 9.22. The van der Waals surface area contributed by atoms with Gasteiger partial charge in [0.1, 0.15) is 12.8 Å². The Kier molecular flexibility index (Phi) is 3.76. The number of amides is 1. The Labute approximate surface area is 127 Å². The number of halogens is 1. The highest BCUT2D eigenvalue weighted by molar-refractivity contribution is 5.79. The Morgan fingerprint density at radius 2 is 1.95 bits per heavy atom. The molecule has 1 aromatic rings. The van der Waals surface area contributed by atoms with Gasteiger partial charge in [0.2, 0.25) is 0 Å². The van der Waals surface area contributed by atoms with Crippen LogP contribution in [0.15, 0.2) is 30.3 Å². The first-order valence-electron chi connectivity index (χ1n) is 7.36. The number of hydrogen-bond donors (Lipinski definition) is 1. The molecule has 118 valence electrons. The van der Waals surface area contributed by atoms with E-state index in [1.807, 2.05) is 30.3 Å². The van der Waals surface area contributed by atoms with Gasteiger partial charge < -0.3 is 14.7 Å². The zero-order valence-electron chi connectivity index (χ0n) is 12.1. The zero-order valence-corrected chi connectivity index (χ0v) is 12.1. The molecule has 0 radical (unpaired) electrons. The fourth-order valence-electron chi connectivity index (χ4n) is 3.12. The minimum Gasteiger partial charge on any atom is -0.481 e. The topological polar surface area (TPSA) is 66.8 Å². The molecule has 1 saturated heterocycles. The predicted octanol–water partition coefficient (Wildman–Crippen LogP) is 2.46. The highest BCUT2D eigenvalue weighted by atomic mass is 19.1. The Morgan fingerprint density at radius 1 is 1.27 bits per heavy atom. The van der Waals surface area contributed by atoms with Crippen molar-refractivity contribution >= 4 is 12.1 Å². The number of aliphatic carboxylic acids is 1. The Morgan fingerprint density at radius 3 is 2.55 bits per heavy atom. The Balaban J connectivity index is 1.57. The summed E-state index contributed by atoms with van der Waals surface area (Å²) in [7, 11) is 0. The number of nitrogens with zero attached hydrogens (tertiary/aromatic N) is 1. The number of alkyl halides is 1. The molecule has 0 aromatic heterocycles. The van der Waals surface area contributed by atoms with Gasteiger partial charge in [0, 0.05) is 12.5 Å². The number of carbonyl (C=O) groups excluding carboxylic acids is 1. The average molecular weight is 307 g/mol. The molecular formula is C16H18FNO4. The third kappa shape index (κ3) is 2.65. The molecule has 6 heteroatoms. The molecule has 1 N–H and O–H groups in total. The number of rotatable bonds is 4. The molecule has 1 amide bonds. The number of carbonyl (C=O) groups is 2. The molecule has 1 heterocycles. The first-order chi connectivity index (χ1) is 10.5. The van der Waals surface area contributed by atoms with Gasteiger partial charge in [-0.1, -0.05) is 30.3 Å². The fraction of sp³-hybridized carbons (Fsp3) is 0.500. The van der Waals surface area contributed by atoms with Crippen LogP contribution in [-0.4, -0.2) is 41.3 Å². The number of carboxylic acids is 1. The van der Waals surface area contributed by atoms with Crippen LogP contribution in [0.25, 0.3) is 0 Å². The largest absolute Gasteiger partial charge is 0.481 e. The van der Waals surface area contributed by atoms with E-state index < -0.39 is 29.6 Å². The van der Waals surface area contributed by atoms with Crippen molar-refractivity contribution in [2.45, 2.75) is 25.6 Å². The minimum absolute atomic E-state index is 0.0900. The second-order valence-electron chi connectivity index (χ2n) is 6.03. The number of carboxylic acid groups (broad SMARTS) is 1. The maximum atomic E-state index is 14.1. The standard InChI is InChI=1S/C16H18FNO4/c17-13-9-18(8-12(13)16(6-7-16)14(19)20)15(21)22-10-11-4-2-1-3-5-11/h1-5,12-13H,6-10H2,(H,19,20)/t12?,13-/m1/s1. The van der Waals surface area contributed by atoms with E-state index in [0.29, 0.717) is 12.8 Å². The van der Waals surface area contributed by atoms with Crippen molar-refractivity contribution in [2.75, 3.05) is 13.1 Å². The summed E-state index contributed by atoms with van der Waals surface area (Å²) in [4.78, 5) is 24.6. The summed E-state index contributed by atoms with van der Waals surface area (Å²) in [5.41, 5.74) is -0.124. The molecule has 1 saturated carbocycles. The van der Waals surface area contributed by atoms with Crippen LogP contribution in [-0.2, 0) is 16.1 Å². The highest BCUT2D eigenvalue weighted by Gasteiger charge is 2.61. The van der Waals surface area contributed by atoms with E-state index in [9.17, 15) is 19.1 Å². The van der Waals surface area contributed by atoms with E-state index >= 15 is 0 Å².